The SMILES string of the molecule is CCOC(C[N+](CC1OCCO1)([N][N+](CC(OCC)OCC)(CC1OCCO1)C(=S)[S-])C(=S)[S-])OCC. The first-order valence-electron chi connectivity index (χ1n) is 12.6. The summed E-state index contributed by atoms with van der Waals surface area (Å²) in [4.78, 5) is 0. The van der Waals surface area contributed by atoms with Crippen LogP contribution >= 0.6 is 24.4 Å². The molecule has 0 aliphatic carbocycles. The lowest BCUT2D eigenvalue weighted by Gasteiger charge is -2.47. The van der Waals surface area contributed by atoms with Gasteiger partial charge in [-0.15, -0.1) is 9.18 Å². The van der Waals surface area contributed by atoms with Crippen LogP contribution in [0.5, 0.6) is 0 Å². The van der Waals surface area contributed by atoms with E-state index < -0.39 is 25.2 Å². The highest BCUT2D eigenvalue weighted by Gasteiger charge is 2.51. The summed E-state index contributed by atoms with van der Waals surface area (Å²) >= 11 is 22.7. The third-order valence-electron chi connectivity index (χ3n) is 5.62. The Labute approximate surface area is 242 Å². The Morgan fingerprint density at radius 1 is 0.703 bits per heavy atom. The lowest BCUT2D eigenvalue weighted by Crippen LogP contribution is -2.75. The van der Waals surface area contributed by atoms with Crippen molar-refractivity contribution in [2.75, 3.05) is 79.0 Å². The molecule has 2 unspecified atom stereocenters. The van der Waals surface area contributed by atoms with Gasteiger partial charge in [0.2, 0.25) is 25.2 Å². The zero-order valence-corrected chi connectivity index (χ0v) is 25.3. The van der Waals surface area contributed by atoms with E-state index in [0.29, 0.717) is 52.9 Å². The maximum atomic E-state index is 5.87. The smallest absolute Gasteiger partial charge is 0.210 e. The molecule has 2 saturated heterocycles. The number of hydrogen-bond acceptors (Lipinski definition) is 12. The van der Waals surface area contributed by atoms with Gasteiger partial charge in [-0.25, -0.2) is 0 Å². The predicted octanol–water partition coefficient (Wildman–Crippen LogP) is 1.26. The van der Waals surface area contributed by atoms with Crippen molar-refractivity contribution in [1.82, 2.24) is 5.53 Å². The van der Waals surface area contributed by atoms with Crippen LogP contribution in [0.1, 0.15) is 27.7 Å². The molecule has 215 valence electrons. The highest BCUT2D eigenvalue weighted by molar-refractivity contribution is 8.00. The lowest BCUT2D eigenvalue weighted by molar-refractivity contribution is -1.10. The molecule has 0 spiro atoms. The van der Waals surface area contributed by atoms with Crippen LogP contribution in [-0.2, 0) is 63.2 Å². The minimum absolute atomic E-state index is 0.134. The van der Waals surface area contributed by atoms with E-state index in [-0.39, 0.29) is 44.0 Å². The van der Waals surface area contributed by atoms with Gasteiger partial charge in [0.25, 0.3) is 0 Å². The van der Waals surface area contributed by atoms with E-state index in [1.165, 1.54) is 0 Å². The molecular formula is C22H40N3O8S4. The van der Waals surface area contributed by atoms with Crippen LogP contribution < -0.4 is 5.53 Å². The fourth-order valence-electron chi connectivity index (χ4n) is 4.06. The quantitative estimate of drug-likeness (QED) is 0.0744. The molecule has 2 heterocycles. The molecule has 15 heteroatoms. The highest BCUT2D eigenvalue weighted by atomic mass is 32.1. The van der Waals surface area contributed by atoms with Gasteiger partial charge in [-0.1, -0.05) is 0 Å². The summed E-state index contributed by atoms with van der Waals surface area (Å²) in [5.74, 6) is 0. The standard InChI is InChI=1S/C22H42N3O8S4/c1-5-26-17(27-6-2)13-24(21(34)35,15-19-30-9-10-31-19)23-25(22(36)37,16-20-32-11-12-33-20)14-18(28-7-3)29-8-4/h17-20H,5-16H2,1-4H3,(H,34,35)(H,36,37)/q+2/p-2. The van der Waals surface area contributed by atoms with Gasteiger partial charge in [0.15, 0.2) is 31.7 Å². The summed E-state index contributed by atoms with van der Waals surface area (Å²) in [5.41, 5.74) is 5.22. The largest absolute Gasteiger partial charge is 0.368 e. The van der Waals surface area contributed by atoms with Crippen molar-refractivity contribution in [3.8, 4) is 0 Å². The lowest BCUT2D eigenvalue weighted by atomic mass is 10.4. The average Bonchev–Trinajstić information content (AvgIpc) is 3.54. The highest BCUT2D eigenvalue weighted by Crippen LogP contribution is 2.24. The van der Waals surface area contributed by atoms with Crippen molar-refractivity contribution in [2.24, 2.45) is 0 Å². The molecule has 0 amide bonds. The van der Waals surface area contributed by atoms with Crippen LogP contribution in [0.15, 0.2) is 0 Å². The van der Waals surface area contributed by atoms with E-state index in [4.69, 9.17) is 93.1 Å². The molecule has 2 aliphatic heterocycles. The van der Waals surface area contributed by atoms with Crippen molar-refractivity contribution in [3.63, 3.8) is 0 Å². The number of thiocarbonyl (C=S) groups is 2. The Balaban J connectivity index is 2.55. The van der Waals surface area contributed by atoms with Crippen molar-refractivity contribution < 1.29 is 47.1 Å². The summed E-state index contributed by atoms with van der Waals surface area (Å²) < 4.78 is 46.3. The maximum absolute atomic E-state index is 5.87. The van der Waals surface area contributed by atoms with Gasteiger partial charge in [0, 0.05) is 26.4 Å². The van der Waals surface area contributed by atoms with Crippen LogP contribution in [0.4, 0.5) is 0 Å². The normalized spacial score (nSPS) is 20.5. The second kappa shape index (κ2) is 17.1. The van der Waals surface area contributed by atoms with E-state index in [2.05, 4.69) is 0 Å². The molecule has 0 saturated carbocycles. The number of ether oxygens (including phenoxy) is 8. The molecule has 2 fully saturated rings. The Bertz CT molecular complexity index is 635. The van der Waals surface area contributed by atoms with Crippen LogP contribution in [-0.4, -0.2) is 122 Å². The van der Waals surface area contributed by atoms with Crippen molar-refractivity contribution in [2.45, 2.75) is 52.9 Å². The van der Waals surface area contributed by atoms with Gasteiger partial charge < -0.3 is 87.6 Å². The summed E-state index contributed by atoms with van der Waals surface area (Å²) in [6.45, 7) is 11.7. The minimum atomic E-state index is -0.657. The average molecular weight is 603 g/mol. The molecule has 0 aromatic heterocycles. The Morgan fingerprint density at radius 2 is 1.00 bits per heavy atom. The fourth-order valence-corrected chi connectivity index (χ4v) is 4.80. The molecule has 2 atom stereocenters. The number of quaternary nitrogens is 2. The van der Waals surface area contributed by atoms with Gasteiger partial charge >= 0.3 is 0 Å². The first kappa shape index (κ1) is 33.4. The van der Waals surface area contributed by atoms with E-state index in [1.54, 1.807) is 0 Å². The first-order valence-corrected chi connectivity index (χ1v) is 14.2. The molecule has 0 N–H and O–H groups in total. The second-order valence-corrected chi connectivity index (χ2v) is 10.3. The zero-order chi connectivity index (χ0) is 27.3. The summed E-state index contributed by atoms with van der Waals surface area (Å²) in [6, 6.07) is 0. The second-order valence-electron chi connectivity index (χ2n) is 8.22. The molecule has 0 aromatic carbocycles. The zero-order valence-electron chi connectivity index (χ0n) is 22.0. The molecular weight excluding hydrogens is 563 g/mol. The molecule has 1 radical (unpaired) electrons. The molecule has 37 heavy (non-hydrogen) atoms. The number of nitrogens with zero attached hydrogens (tertiary/aromatic N) is 3. The van der Waals surface area contributed by atoms with Gasteiger partial charge in [-0.2, -0.15) is 0 Å². The van der Waals surface area contributed by atoms with Gasteiger partial charge in [0.1, 0.15) is 0 Å². The fraction of sp³-hybridized carbons (Fsp3) is 0.909. The van der Waals surface area contributed by atoms with E-state index in [0.717, 1.165) is 0 Å². The minimum Gasteiger partial charge on any atom is -0.368 e. The van der Waals surface area contributed by atoms with Crippen LogP contribution in [0.3, 0.4) is 0 Å². The maximum Gasteiger partial charge on any atom is 0.210 e. The van der Waals surface area contributed by atoms with E-state index >= 15 is 0 Å². The van der Waals surface area contributed by atoms with Gasteiger partial charge in [-0.3, -0.25) is 0 Å². The van der Waals surface area contributed by atoms with Crippen molar-refractivity contribution in [3.05, 3.63) is 0 Å². The predicted molar refractivity (Wildman–Crippen MR) is 148 cm³/mol. The van der Waals surface area contributed by atoms with E-state index in [9.17, 15) is 0 Å². The summed E-state index contributed by atoms with van der Waals surface area (Å²) in [6.07, 6.45) is -2.50. The Morgan fingerprint density at radius 3 is 1.24 bits per heavy atom. The molecule has 2 rings (SSSR count). The Kier molecular flexibility index (Phi) is 15.4. The number of hydrogen-bond donors (Lipinski definition) is 0. The van der Waals surface area contributed by atoms with Gasteiger partial charge in [-0.05, 0) is 27.7 Å². The Hall–Kier alpha value is 0.180. The van der Waals surface area contributed by atoms with Crippen LogP contribution in [0.25, 0.3) is 0 Å². The summed E-state index contributed by atoms with van der Waals surface area (Å²) in [7, 11) is 0. The third kappa shape index (κ3) is 10.3. The molecule has 11 nitrogen and oxygen atoms in total. The summed E-state index contributed by atoms with van der Waals surface area (Å²) in [5, 5.41) is 0. The van der Waals surface area contributed by atoms with Gasteiger partial charge in [0.05, 0.1) is 35.1 Å². The molecule has 2 aliphatic rings. The van der Waals surface area contributed by atoms with Crippen LogP contribution in [0, 0.1) is 0 Å². The third-order valence-corrected chi connectivity index (χ3v) is 6.98. The first-order chi connectivity index (χ1) is 17.7. The van der Waals surface area contributed by atoms with Crippen molar-refractivity contribution in [1.29, 1.82) is 0 Å². The number of rotatable bonds is 18. The monoisotopic (exact) mass is 602 g/mol. The van der Waals surface area contributed by atoms with E-state index in [1.807, 2.05) is 27.7 Å². The van der Waals surface area contributed by atoms with Crippen LogP contribution in [0.2, 0.25) is 0 Å². The van der Waals surface area contributed by atoms with Crippen molar-refractivity contribution >= 4 is 58.3 Å². The topological polar surface area (TPSA) is 87.9 Å². The molecule has 0 aromatic rings. The molecule has 0 bridgehead atoms.